The van der Waals surface area contributed by atoms with Crippen molar-refractivity contribution < 1.29 is 4.74 Å². The van der Waals surface area contributed by atoms with Crippen LogP contribution in [0.3, 0.4) is 0 Å². The van der Waals surface area contributed by atoms with Crippen LogP contribution in [0.1, 0.15) is 24.3 Å². The quantitative estimate of drug-likeness (QED) is 0.782. The molecule has 0 aliphatic rings. The van der Waals surface area contributed by atoms with Crippen LogP contribution in [0.5, 0.6) is 0 Å². The number of imidazole rings is 1. The lowest BCUT2D eigenvalue weighted by Gasteiger charge is -2.18. The molecule has 1 N–H and O–H groups in total. The first-order chi connectivity index (χ1) is 8.86. The van der Waals surface area contributed by atoms with Crippen molar-refractivity contribution in [2.24, 2.45) is 0 Å². The molecule has 0 aromatic carbocycles. The van der Waals surface area contributed by atoms with E-state index in [9.17, 15) is 0 Å². The minimum absolute atomic E-state index is 0.359. The van der Waals surface area contributed by atoms with E-state index >= 15 is 0 Å². The van der Waals surface area contributed by atoms with E-state index in [2.05, 4.69) is 39.3 Å². The van der Waals surface area contributed by atoms with Gasteiger partial charge < -0.3 is 14.6 Å². The summed E-state index contributed by atoms with van der Waals surface area (Å²) < 4.78 is 7.24. The number of ether oxygens (including phenoxy) is 1. The Bertz CT molecular complexity index is 453. The molecule has 0 fully saturated rings. The van der Waals surface area contributed by atoms with Crippen molar-refractivity contribution in [2.45, 2.75) is 19.4 Å². The molecule has 1 atom stereocenters. The molecular weight excluding hydrogens is 246 g/mol. The average molecular weight is 265 g/mol. The van der Waals surface area contributed by atoms with Crippen LogP contribution in [0.15, 0.2) is 29.9 Å². The summed E-state index contributed by atoms with van der Waals surface area (Å²) in [6.07, 6.45) is 4.92. The number of nitrogens with one attached hydrogen (secondary N) is 1. The molecule has 1 unspecified atom stereocenters. The normalized spacial score (nSPS) is 12.6. The first-order valence-electron chi connectivity index (χ1n) is 6.15. The lowest BCUT2D eigenvalue weighted by atomic mass is 10.2. The van der Waals surface area contributed by atoms with E-state index < -0.39 is 0 Å². The zero-order chi connectivity index (χ0) is 12.8. The van der Waals surface area contributed by atoms with Crippen molar-refractivity contribution in [2.75, 3.05) is 25.6 Å². The van der Waals surface area contributed by atoms with Crippen LogP contribution in [0, 0.1) is 0 Å². The minimum atomic E-state index is 0.359. The molecule has 2 aromatic heterocycles. The lowest BCUT2D eigenvalue weighted by molar-refractivity contribution is 0.210. The smallest absolute Gasteiger partial charge is 0.203 e. The number of anilines is 1. The van der Waals surface area contributed by atoms with Crippen LogP contribution in [0.25, 0.3) is 0 Å². The summed E-state index contributed by atoms with van der Waals surface area (Å²) in [7, 11) is 1.70. The topological polar surface area (TPSA) is 39.1 Å². The predicted octanol–water partition coefficient (Wildman–Crippen LogP) is 3.00. The molecule has 2 aromatic rings. The molecule has 4 nitrogen and oxygen atoms in total. The first-order valence-corrected chi connectivity index (χ1v) is 7.03. The molecule has 98 valence electrons. The van der Waals surface area contributed by atoms with Gasteiger partial charge in [0, 0.05) is 30.9 Å². The van der Waals surface area contributed by atoms with Gasteiger partial charge in [-0.05, 0) is 17.9 Å². The van der Waals surface area contributed by atoms with E-state index in [1.807, 2.05) is 12.4 Å². The number of aromatic nitrogens is 2. The highest BCUT2D eigenvalue weighted by atomic mass is 32.1. The highest BCUT2D eigenvalue weighted by molar-refractivity contribution is 7.10. The van der Waals surface area contributed by atoms with Crippen molar-refractivity contribution in [3.63, 3.8) is 0 Å². The van der Waals surface area contributed by atoms with E-state index in [1.165, 1.54) is 4.88 Å². The van der Waals surface area contributed by atoms with E-state index in [0.29, 0.717) is 12.6 Å². The molecule has 0 bridgehead atoms. The van der Waals surface area contributed by atoms with Gasteiger partial charge in [-0.3, -0.25) is 0 Å². The zero-order valence-corrected chi connectivity index (χ0v) is 11.6. The monoisotopic (exact) mass is 265 g/mol. The Morgan fingerprint density at radius 2 is 2.44 bits per heavy atom. The van der Waals surface area contributed by atoms with Crippen LogP contribution in [0.2, 0.25) is 0 Å². The van der Waals surface area contributed by atoms with Gasteiger partial charge in [-0.1, -0.05) is 13.0 Å². The maximum Gasteiger partial charge on any atom is 0.203 e. The Labute approximate surface area is 112 Å². The molecule has 0 spiro atoms. The number of hydrogen-bond donors (Lipinski definition) is 1. The fraction of sp³-hybridized carbons (Fsp3) is 0.462. The van der Waals surface area contributed by atoms with Gasteiger partial charge in [-0.15, -0.1) is 11.3 Å². The van der Waals surface area contributed by atoms with Crippen molar-refractivity contribution in [1.29, 1.82) is 0 Å². The highest BCUT2D eigenvalue weighted by Crippen LogP contribution is 2.28. The predicted molar refractivity (Wildman–Crippen MR) is 75.3 cm³/mol. The summed E-state index contributed by atoms with van der Waals surface area (Å²) in [6, 6.07) is 4.63. The second-order valence-corrected chi connectivity index (χ2v) is 5.00. The Kier molecular flexibility index (Phi) is 4.78. The maximum absolute atomic E-state index is 5.04. The van der Waals surface area contributed by atoms with E-state index in [0.717, 1.165) is 18.9 Å². The van der Waals surface area contributed by atoms with Gasteiger partial charge in [0.1, 0.15) is 0 Å². The largest absolute Gasteiger partial charge is 0.383 e. The second kappa shape index (κ2) is 6.56. The summed E-state index contributed by atoms with van der Waals surface area (Å²) in [5.41, 5.74) is 0. The molecule has 0 saturated carbocycles. The van der Waals surface area contributed by atoms with Crippen molar-refractivity contribution in [3.05, 3.63) is 34.8 Å². The third-order valence-electron chi connectivity index (χ3n) is 2.85. The molecule has 18 heavy (non-hydrogen) atoms. The minimum Gasteiger partial charge on any atom is -0.383 e. The third kappa shape index (κ3) is 2.91. The summed E-state index contributed by atoms with van der Waals surface area (Å²) >= 11 is 1.79. The van der Waals surface area contributed by atoms with Gasteiger partial charge in [-0.2, -0.15) is 0 Å². The number of thiophene rings is 1. The highest BCUT2D eigenvalue weighted by Gasteiger charge is 2.15. The lowest BCUT2D eigenvalue weighted by Crippen LogP contribution is -2.15. The molecule has 0 aliphatic heterocycles. The molecule has 0 amide bonds. The fourth-order valence-corrected chi connectivity index (χ4v) is 2.89. The average Bonchev–Trinajstić information content (AvgIpc) is 3.03. The van der Waals surface area contributed by atoms with E-state index in [4.69, 9.17) is 4.74 Å². The van der Waals surface area contributed by atoms with Gasteiger partial charge in [-0.25, -0.2) is 4.98 Å². The molecule has 5 heteroatoms. The summed E-state index contributed by atoms with van der Waals surface area (Å²) in [5, 5.41) is 5.42. The van der Waals surface area contributed by atoms with Crippen molar-refractivity contribution in [1.82, 2.24) is 9.55 Å². The standard InChI is InChI=1S/C13H19N3OS/c1-3-11(12-5-4-10-18-12)16-8-6-14-13(16)15-7-9-17-2/h4-6,8,10-11H,3,7,9H2,1-2H3,(H,14,15). The zero-order valence-electron chi connectivity index (χ0n) is 10.8. The molecule has 2 heterocycles. The fourth-order valence-electron chi connectivity index (χ4n) is 1.98. The molecule has 0 radical (unpaired) electrons. The summed E-state index contributed by atoms with van der Waals surface area (Å²) in [4.78, 5) is 5.73. The Morgan fingerprint density at radius 3 is 3.11 bits per heavy atom. The molecular formula is C13H19N3OS. The maximum atomic E-state index is 5.04. The van der Waals surface area contributed by atoms with Gasteiger partial charge in [0.25, 0.3) is 0 Å². The number of methoxy groups -OCH3 is 1. The third-order valence-corrected chi connectivity index (χ3v) is 3.83. The summed E-state index contributed by atoms with van der Waals surface area (Å²) in [6.45, 7) is 3.65. The molecule has 0 aliphatic carbocycles. The van der Waals surface area contributed by atoms with E-state index in [-0.39, 0.29) is 0 Å². The van der Waals surface area contributed by atoms with E-state index in [1.54, 1.807) is 18.4 Å². The van der Waals surface area contributed by atoms with Crippen LogP contribution in [-0.2, 0) is 4.74 Å². The van der Waals surface area contributed by atoms with Crippen LogP contribution >= 0.6 is 11.3 Å². The number of rotatable bonds is 7. The van der Waals surface area contributed by atoms with Gasteiger partial charge in [0.05, 0.1) is 12.6 Å². The molecule has 0 saturated heterocycles. The van der Waals surface area contributed by atoms with Crippen LogP contribution in [-0.4, -0.2) is 29.8 Å². The van der Waals surface area contributed by atoms with Crippen LogP contribution < -0.4 is 5.32 Å². The number of nitrogens with zero attached hydrogens (tertiary/aromatic N) is 2. The van der Waals surface area contributed by atoms with Crippen LogP contribution in [0.4, 0.5) is 5.95 Å². The second-order valence-electron chi connectivity index (χ2n) is 4.02. The molecule has 2 rings (SSSR count). The number of hydrogen-bond acceptors (Lipinski definition) is 4. The SMILES string of the molecule is CCC(c1cccs1)n1ccnc1NCCOC. The van der Waals surface area contributed by atoms with Crippen molar-refractivity contribution >= 4 is 17.3 Å². The van der Waals surface area contributed by atoms with Gasteiger partial charge in [0.2, 0.25) is 5.95 Å². The Hall–Kier alpha value is -1.33. The van der Waals surface area contributed by atoms with Gasteiger partial charge in [0.15, 0.2) is 0 Å². The summed E-state index contributed by atoms with van der Waals surface area (Å²) in [5.74, 6) is 0.910. The van der Waals surface area contributed by atoms with Gasteiger partial charge >= 0.3 is 0 Å². The Morgan fingerprint density at radius 1 is 1.56 bits per heavy atom. The van der Waals surface area contributed by atoms with Crippen molar-refractivity contribution in [3.8, 4) is 0 Å². The first kappa shape index (κ1) is 13.1. The Balaban J connectivity index is 2.13.